The molecular weight excluding hydrogens is 454 g/mol. The number of aromatic amines is 1. The van der Waals surface area contributed by atoms with E-state index in [-0.39, 0.29) is 11.8 Å². The van der Waals surface area contributed by atoms with Crippen molar-refractivity contribution in [3.63, 3.8) is 0 Å². The van der Waals surface area contributed by atoms with Crippen molar-refractivity contribution >= 4 is 17.4 Å². The molecule has 2 N–H and O–H groups in total. The Morgan fingerprint density at radius 3 is 2.94 bits per heavy atom. The third-order valence-corrected chi connectivity index (χ3v) is 6.66. The fourth-order valence-corrected chi connectivity index (χ4v) is 4.80. The maximum Gasteiger partial charge on any atom is 0.262 e. The molecule has 1 aliphatic heterocycles. The molecule has 1 atom stereocenters. The van der Waals surface area contributed by atoms with E-state index in [2.05, 4.69) is 37.4 Å². The molecule has 1 aliphatic rings. The van der Waals surface area contributed by atoms with Crippen molar-refractivity contribution in [2.45, 2.75) is 32.2 Å². The van der Waals surface area contributed by atoms with E-state index < -0.39 is 0 Å². The van der Waals surface area contributed by atoms with Crippen molar-refractivity contribution in [3.8, 4) is 5.69 Å². The molecule has 5 aromatic rings. The van der Waals surface area contributed by atoms with E-state index in [0.29, 0.717) is 17.0 Å². The Balaban J connectivity index is 1.30. The van der Waals surface area contributed by atoms with Gasteiger partial charge in [0.05, 0.1) is 23.8 Å². The van der Waals surface area contributed by atoms with E-state index in [1.165, 1.54) is 5.56 Å². The molecule has 10 heteroatoms. The maximum atomic E-state index is 13.3. The topological polar surface area (TPSA) is 109 Å². The van der Waals surface area contributed by atoms with Crippen LogP contribution in [0, 0.1) is 6.92 Å². The van der Waals surface area contributed by atoms with E-state index in [4.69, 9.17) is 5.10 Å². The summed E-state index contributed by atoms with van der Waals surface area (Å²) in [4.78, 5) is 20.0. The first-order valence-electron chi connectivity index (χ1n) is 12.1. The molecule has 1 saturated heterocycles. The number of carbonyl (C=O) groups excluding carboxylic acids is 1. The van der Waals surface area contributed by atoms with Gasteiger partial charge in [-0.25, -0.2) is 14.2 Å². The highest BCUT2D eigenvalue weighted by Crippen LogP contribution is 2.30. The number of hydrogen-bond donors (Lipinski definition) is 2. The summed E-state index contributed by atoms with van der Waals surface area (Å²) in [6.45, 7) is 4.86. The van der Waals surface area contributed by atoms with Gasteiger partial charge in [-0.05, 0) is 44.5 Å². The number of likely N-dealkylation sites (tertiary alicyclic amines) is 1. The predicted octanol–water partition coefficient (Wildman–Crippen LogP) is 3.58. The Morgan fingerprint density at radius 1 is 1.22 bits per heavy atom. The lowest BCUT2D eigenvalue weighted by Crippen LogP contribution is -2.34. The standard InChI is InChI=1S/C26H27N9O/c1-18-5-7-21(8-6-18)35-24(31-26(36)22-15-30-34-11-3-9-27-25(22)34)12-23(32-35)20-4-2-10-33(17-20)16-19-13-28-29-14-19/h3,5-9,11-15,20H,2,4,10,16-17H2,1H3,(H,28,29)(H,31,36). The van der Waals surface area contributed by atoms with Crippen molar-refractivity contribution in [1.29, 1.82) is 0 Å². The van der Waals surface area contributed by atoms with Gasteiger partial charge in [0.15, 0.2) is 5.65 Å². The van der Waals surface area contributed by atoms with Crippen LogP contribution in [0.4, 0.5) is 5.82 Å². The number of aryl methyl sites for hydroxylation is 1. The van der Waals surface area contributed by atoms with Gasteiger partial charge in [-0.15, -0.1) is 0 Å². The third kappa shape index (κ3) is 4.38. The number of fused-ring (bicyclic) bond motifs is 1. The second-order valence-electron chi connectivity index (χ2n) is 9.28. The molecule has 0 spiro atoms. The molecule has 1 amide bonds. The van der Waals surface area contributed by atoms with E-state index in [0.717, 1.165) is 49.4 Å². The monoisotopic (exact) mass is 481 g/mol. The van der Waals surface area contributed by atoms with Crippen molar-refractivity contribution < 1.29 is 4.79 Å². The lowest BCUT2D eigenvalue weighted by Gasteiger charge is -2.31. The van der Waals surface area contributed by atoms with Gasteiger partial charge in [0.1, 0.15) is 11.4 Å². The summed E-state index contributed by atoms with van der Waals surface area (Å²) < 4.78 is 3.41. The van der Waals surface area contributed by atoms with Crippen LogP contribution < -0.4 is 5.32 Å². The van der Waals surface area contributed by atoms with Gasteiger partial charge in [-0.2, -0.15) is 15.3 Å². The molecule has 182 valence electrons. The number of benzene rings is 1. The van der Waals surface area contributed by atoms with Gasteiger partial charge >= 0.3 is 0 Å². The summed E-state index contributed by atoms with van der Waals surface area (Å²) in [6, 6.07) is 11.9. The highest BCUT2D eigenvalue weighted by Gasteiger charge is 2.26. The highest BCUT2D eigenvalue weighted by atomic mass is 16.1. The first-order valence-corrected chi connectivity index (χ1v) is 12.1. The summed E-state index contributed by atoms with van der Waals surface area (Å²) in [6.07, 6.45) is 10.9. The van der Waals surface area contributed by atoms with Gasteiger partial charge in [0, 0.05) is 49.2 Å². The Labute approximate surface area is 208 Å². The van der Waals surface area contributed by atoms with Crippen LogP contribution in [0.2, 0.25) is 0 Å². The molecule has 0 radical (unpaired) electrons. The molecular formula is C26H27N9O. The van der Waals surface area contributed by atoms with Crippen molar-refractivity contribution in [1.82, 2.24) is 39.5 Å². The molecule has 1 aromatic carbocycles. The number of H-pyrrole nitrogens is 1. The number of anilines is 1. The minimum absolute atomic E-state index is 0.270. The molecule has 0 saturated carbocycles. The van der Waals surface area contributed by atoms with E-state index in [9.17, 15) is 4.79 Å². The van der Waals surface area contributed by atoms with Crippen LogP contribution in [-0.4, -0.2) is 58.5 Å². The maximum absolute atomic E-state index is 13.3. The number of piperidine rings is 1. The highest BCUT2D eigenvalue weighted by molar-refractivity contribution is 6.07. The summed E-state index contributed by atoms with van der Waals surface area (Å²) in [5, 5.41) is 19.3. The second-order valence-corrected chi connectivity index (χ2v) is 9.28. The number of nitrogens with zero attached hydrogens (tertiary/aromatic N) is 7. The lowest BCUT2D eigenvalue weighted by molar-refractivity contribution is 0.102. The molecule has 0 bridgehead atoms. The summed E-state index contributed by atoms with van der Waals surface area (Å²) in [5.41, 5.74) is 5.13. The minimum atomic E-state index is -0.270. The normalized spacial score (nSPS) is 16.4. The molecule has 5 heterocycles. The van der Waals surface area contributed by atoms with Crippen LogP contribution in [0.1, 0.15) is 45.9 Å². The fraction of sp³-hybridized carbons (Fsp3) is 0.269. The molecule has 10 nitrogen and oxygen atoms in total. The van der Waals surface area contributed by atoms with E-state index >= 15 is 0 Å². The van der Waals surface area contributed by atoms with Crippen molar-refractivity contribution in [3.05, 3.63) is 89.8 Å². The van der Waals surface area contributed by atoms with Crippen LogP contribution in [0.5, 0.6) is 0 Å². The zero-order valence-corrected chi connectivity index (χ0v) is 20.0. The van der Waals surface area contributed by atoms with E-state index in [1.54, 1.807) is 29.2 Å². The molecule has 4 aromatic heterocycles. The number of aromatic nitrogens is 7. The van der Waals surface area contributed by atoms with Gasteiger partial charge in [-0.3, -0.25) is 14.8 Å². The number of rotatable bonds is 6. The number of hydrogen-bond acceptors (Lipinski definition) is 6. The Hall–Kier alpha value is -4.31. The zero-order valence-electron chi connectivity index (χ0n) is 20.0. The van der Waals surface area contributed by atoms with Crippen LogP contribution in [0.15, 0.2) is 67.4 Å². The van der Waals surface area contributed by atoms with Gasteiger partial charge < -0.3 is 5.32 Å². The average Bonchev–Trinajstić information content (AvgIpc) is 3.65. The van der Waals surface area contributed by atoms with Gasteiger partial charge in [0.2, 0.25) is 0 Å². The van der Waals surface area contributed by atoms with E-state index in [1.807, 2.05) is 47.4 Å². The molecule has 0 aliphatic carbocycles. The molecule has 1 unspecified atom stereocenters. The largest absolute Gasteiger partial charge is 0.306 e. The molecule has 6 rings (SSSR count). The third-order valence-electron chi connectivity index (χ3n) is 6.66. The number of nitrogens with one attached hydrogen (secondary N) is 2. The Morgan fingerprint density at radius 2 is 2.11 bits per heavy atom. The Kier molecular flexibility index (Phi) is 5.78. The summed E-state index contributed by atoms with van der Waals surface area (Å²) in [7, 11) is 0. The fourth-order valence-electron chi connectivity index (χ4n) is 4.80. The quantitative estimate of drug-likeness (QED) is 0.384. The van der Waals surface area contributed by atoms with Crippen LogP contribution >= 0.6 is 0 Å². The summed E-state index contributed by atoms with van der Waals surface area (Å²) >= 11 is 0. The van der Waals surface area contributed by atoms with Gasteiger partial charge in [-0.1, -0.05) is 17.7 Å². The Bertz CT molecular complexity index is 1480. The van der Waals surface area contributed by atoms with Crippen LogP contribution in [0.25, 0.3) is 11.3 Å². The smallest absolute Gasteiger partial charge is 0.262 e. The average molecular weight is 482 g/mol. The minimum Gasteiger partial charge on any atom is -0.306 e. The number of carbonyl (C=O) groups is 1. The molecule has 36 heavy (non-hydrogen) atoms. The van der Waals surface area contributed by atoms with Crippen molar-refractivity contribution in [2.75, 3.05) is 18.4 Å². The van der Waals surface area contributed by atoms with Crippen molar-refractivity contribution in [2.24, 2.45) is 0 Å². The lowest BCUT2D eigenvalue weighted by atomic mass is 9.94. The zero-order chi connectivity index (χ0) is 24.5. The SMILES string of the molecule is Cc1ccc(-n2nc(C3CCCN(Cc4cn[nH]c4)C3)cc2NC(=O)c2cnn3cccnc23)cc1. The van der Waals surface area contributed by atoms with Gasteiger partial charge in [0.25, 0.3) is 5.91 Å². The summed E-state index contributed by atoms with van der Waals surface area (Å²) in [5.74, 6) is 0.626. The van der Waals surface area contributed by atoms with Crippen LogP contribution in [0.3, 0.4) is 0 Å². The molecule has 1 fully saturated rings. The predicted molar refractivity (Wildman–Crippen MR) is 135 cm³/mol. The second kappa shape index (κ2) is 9.38. The number of amides is 1. The van der Waals surface area contributed by atoms with Crippen LogP contribution in [-0.2, 0) is 6.54 Å². The first kappa shape index (κ1) is 22.2. The first-order chi connectivity index (χ1) is 17.6.